The van der Waals surface area contributed by atoms with Crippen molar-refractivity contribution in [2.45, 2.75) is 59.2 Å². The molecule has 0 saturated carbocycles. The van der Waals surface area contributed by atoms with Gasteiger partial charge in [0.1, 0.15) is 6.23 Å². The zero-order valence-electron chi connectivity index (χ0n) is 12.5. The number of piperidine rings is 1. The molecule has 18 heavy (non-hydrogen) atoms. The van der Waals surface area contributed by atoms with Gasteiger partial charge in [0.2, 0.25) is 0 Å². The molecule has 2 rings (SSSR count). The van der Waals surface area contributed by atoms with E-state index in [4.69, 9.17) is 0 Å². The van der Waals surface area contributed by atoms with Crippen molar-refractivity contribution in [2.75, 3.05) is 26.2 Å². The molecule has 2 aliphatic rings. The molecular weight excluding hydrogens is 224 g/mol. The summed E-state index contributed by atoms with van der Waals surface area (Å²) in [5, 5.41) is 10.2. The average molecular weight is 254 g/mol. The van der Waals surface area contributed by atoms with Crippen LogP contribution in [0.5, 0.6) is 0 Å². The lowest BCUT2D eigenvalue weighted by Gasteiger charge is -2.42. The fourth-order valence-corrected chi connectivity index (χ4v) is 3.64. The van der Waals surface area contributed by atoms with Crippen molar-refractivity contribution in [3.63, 3.8) is 0 Å². The normalized spacial score (nSPS) is 32.8. The Bertz CT molecular complexity index is 280. The van der Waals surface area contributed by atoms with E-state index in [9.17, 15) is 5.11 Å². The highest BCUT2D eigenvalue weighted by atomic mass is 16.3. The second kappa shape index (κ2) is 5.48. The highest BCUT2D eigenvalue weighted by Gasteiger charge is 2.43. The van der Waals surface area contributed by atoms with E-state index in [2.05, 4.69) is 37.5 Å². The third-order valence-corrected chi connectivity index (χ3v) is 4.86. The first-order chi connectivity index (χ1) is 8.43. The number of rotatable bonds is 3. The molecule has 2 fully saturated rings. The van der Waals surface area contributed by atoms with E-state index in [1.807, 2.05) is 0 Å². The first-order valence-electron chi connectivity index (χ1n) is 7.60. The van der Waals surface area contributed by atoms with E-state index >= 15 is 0 Å². The van der Waals surface area contributed by atoms with E-state index in [0.29, 0.717) is 17.4 Å². The van der Waals surface area contributed by atoms with E-state index in [1.54, 1.807) is 0 Å². The van der Waals surface area contributed by atoms with Crippen LogP contribution < -0.4 is 0 Å². The van der Waals surface area contributed by atoms with E-state index in [1.165, 1.54) is 32.4 Å². The molecule has 0 bridgehead atoms. The molecule has 2 heterocycles. The Labute approximate surface area is 112 Å². The van der Waals surface area contributed by atoms with Crippen LogP contribution in [0.2, 0.25) is 0 Å². The highest BCUT2D eigenvalue weighted by Crippen LogP contribution is 2.40. The third-order valence-electron chi connectivity index (χ3n) is 4.86. The Morgan fingerprint density at radius 1 is 0.944 bits per heavy atom. The van der Waals surface area contributed by atoms with Gasteiger partial charge < -0.3 is 10.0 Å². The molecule has 1 spiro atoms. The molecule has 1 N–H and O–H groups in total. The summed E-state index contributed by atoms with van der Waals surface area (Å²) in [4.78, 5) is 4.92. The summed E-state index contributed by atoms with van der Waals surface area (Å²) in [5.41, 5.74) is 0.457. The summed E-state index contributed by atoms with van der Waals surface area (Å²) in [6, 6.07) is 0.659. The zero-order valence-corrected chi connectivity index (χ0v) is 12.5. The molecule has 2 unspecified atom stereocenters. The van der Waals surface area contributed by atoms with Crippen molar-refractivity contribution in [2.24, 2.45) is 11.3 Å². The lowest BCUT2D eigenvalue weighted by atomic mass is 9.79. The summed E-state index contributed by atoms with van der Waals surface area (Å²) in [7, 11) is 0. The standard InChI is InChI=1S/C15H30N2O/c1-12(2)14(18)17-9-7-15(11-17)6-5-8-16(10-15)13(3)4/h12-14,18H,5-11H2,1-4H3. The van der Waals surface area contributed by atoms with Gasteiger partial charge in [-0.15, -0.1) is 0 Å². The van der Waals surface area contributed by atoms with Gasteiger partial charge in [-0.05, 0) is 51.0 Å². The maximum absolute atomic E-state index is 10.2. The summed E-state index contributed by atoms with van der Waals surface area (Å²) in [6.07, 6.45) is 3.68. The fourth-order valence-electron chi connectivity index (χ4n) is 3.64. The molecule has 2 saturated heterocycles. The second-order valence-corrected chi connectivity index (χ2v) is 7.05. The van der Waals surface area contributed by atoms with Gasteiger partial charge in [-0.25, -0.2) is 0 Å². The Morgan fingerprint density at radius 2 is 1.61 bits per heavy atom. The zero-order chi connectivity index (χ0) is 13.3. The summed E-state index contributed by atoms with van der Waals surface area (Å²) < 4.78 is 0. The number of hydrogen-bond donors (Lipinski definition) is 1. The Balaban J connectivity index is 1.97. The average Bonchev–Trinajstić information content (AvgIpc) is 2.72. The molecule has 0 radical (unpaired) electrons. The van der Waals surface area contributed by atoms with Crippen LogP contribution in [-0.4, -0.2) is 53.4 Å². The maximum atomic E-state index is 10.2. The fraction of sp³-hybridized carbons (Fsp3) is 1.00. The molecule has 0 aliphatic carbocycles. The van der Waals surface area contributed by atoms with Crippen LogP contribution in [0.25, 0.3) is 0 Å². The predicted molar refractivity (Wildman–Crippen MR) is 75.4 cm³/mol. The Hall–Kier alpha value is -0.120. The lowest BCUT2D eigenvalue weighted by molar-refractivity contribution is -0.0286. The number of nitrogens with zero attached hydrogens (tertiary/aromatic N) is 2. The van der Waals surface area contributed by atoms with Gasteiger partial charge in [0.15, 0.2) is 0 Å². The monoisotopic (exact) mass is 254 g/mol. The van der Waals surface area contributed by atoms with Crippen LogP contribution in [0.15, 0.2) is 0 Å². The van der Waals surface area contributed by atoms with Crippen LogP contribution in [-0.2, 0) is 0 Å². The van der Waals surface area contributed by atoms with Crippen LogP contribution >= 0.6 is 0 Å². The van der Waals surface area contributed by atoms with E-state index in [-0.39, 0.29) is 6.23 Å². The molecule has 0 aromatic heterocycles. The lowest BCUT2D eigenvalue weighted by Crippen LogP contribution is -2.48. The van der Waals surface area contributed by atoms with E-state index in [0.717, 1.165) is 13.1 Å². The molecule has 3 heteroatoms. The summed E-state index contributed by atoms with van der Waals surface area (Å²) >= 11 is 0. The van der Waals surface area contributed by atoms with Gasteiger partial charge in [-0.1, -0.05) is 13.8 Å². The molecule has 0 aromatic carbocycles. The third kappa shape index (κ3) is 2.89. The van der Waals surface area contributed by atoms with Gasteiger partial charge in [0, 0.05) is 25.7 Å². The Kier molecular flexibility index (Phi) is 4.35. The van der Waals surface area contributed by atoms with Crippen molar-refractivity contribution < 1.29 is 5.11 Å². The van der Waals surface area contributed by atoms with Crippen molar-refractivity contribution in [3.05, 3.63) is 0 Å². The predicted octanol–water partition coefficient (Wildman–Crippen LogP) is 2.16. The van der Waals surface area contributed by atoms with Crippen LogP contribution in [0, 0.1) is 11.3 Å². The molecule has 2 aliphatic heterocycles. The van der Waals surface area contributed by atoms with Gasteiger partial charge in [0.25, 0.3) is 0 Å². The number of aliphatic hydroxyl groups is 1. The minimum Gasteiger partial charge on any atom is -0.378 e. The Morgan fingerprint density at radius 3 is 2.22 bits per heavy atom. The van der Waals surface area contributed by atoms with Crippen LogP contribution in [0.4, 0.5) is 0 Å². The SMILES string of the molecule is CC(C)C(O)N1CCC2(CCCN(C(C)C)C2)C1. The number of aliphatic hydroxyl groups excluding tert-OH is 1. The minimum absolute atomic E-state index is 0.251. The summed E-state index contributed by atoms with van der Waals surface area (Å²) in [5.74, 6) is 0.338. The van der Waals surface area contributed by atoms with Crippen molar-refractivity contribution in [3.8, 4) is 0 Å². The van der Waals surface area contributed by atoms with Gasteiger partial charge in [0.05, 0.1) is 0 Å². The topological polar surface area (TPSA) is 26.7 Å². The quantitative estimate of drug-likeness (QED) is 0.836. The van der Waals surface area contributed by atoms with Gasteiger partial charge in [-0.3, -0.25) is 4.90 Å². The molecule has 106 valence electrons. The first-order valence-corrected chi connectivity index (χ1v) is 7.60. The number of likely N-dealkylation sites (tertiary alicyclic amines) is 2. The largest absolute Gasteiger partial charge is 0.378 e. The maximum Gasteiger partial charge on any atom is 0.109 e. The first kappa shape index (κ1) is 14.3. The van der Waals surface area contributed by atoms with E-state index < -0.39 is 0 Å². The van der Waals surface area contributed by atoms with Gasteiger partial charge >= 0.3 is 0 Å². The smallest absolute Gasteiger partial charge is 0.109 e. The minimum atomic E-state index is -0.251. The van der Waals surface area contributed by atoms with Crippen LogP contribution in [0.3, 0.4) is 0 Å². The highest BCUT2D eigenvalue weighted by molar-refractivity contribution is 4.96. The molecule has 0 aromatic rings. The molecule has 0 amide bonds. The van der Waals surface area contributed by atoms with Crippen molar-refractivity contribution in [1.29, 1.82) is 0 Å². The molecule has 3 nitrogen and oxygen atoms in total. The van der Waals surface area contributed by atoms with Crippen LogP contribution in [0.1, 0.15) is 47.0 Å². The second-order valence-electron chi connectivity index (χ2n) is 7.05. The van der Waals surface area contributed by atoms with Gasteiger partial charge in [-0.2, -0.15) is 0 Å². The summed E-state index contributed by atoms with van der Waals surface area (Å²) in [6.45, 7) is 13.5. The van der Waals surface area contributed by atoms with Crippen molar-refractivity contribution >= 4 is 0 Å². The molecular formula is C15H30N2O. The van der Waals surface area contributed by atoms with Crippen molar-refractivity contribution in [1.82, 2.24) is 9.80 Å². The number of hydrogen-bond acceptors (Lipinski definition) is 3. The molecule has 2 atom stereocenters.